The second kappa shape index (κ2) is 9.57. The van der Waals surface area contributed by atoms with Crippen molar-refractivity contribution in [2.45, 2.75) is 31.8 Å². The molecule has 31 heavy (non-hydrogen) atoms. The molecule has 2 N–H and O–H groups in total. The Balaban J connectivity index is 1.34. The van der Waals surface area contributed by atoms with E-state index in [1.54, 1.807) is 18.5 Å². The number of aliphatic hydroxyl groups is 1. The zero-order chi connectivity index (χ0) is 21.8. The van der Waals surface area contributed by atoms with E-state index < -0.39 is 0 Å². The number of aliphatic hydroxyl groups excluding tert-OH is 1. The first-order valence-corrected chi connectivity index (χ1v) is 10.8. The molecule has 2 aromatic rings. The highest BCUT2D eigenvalue weighted by molar-refractivity contribution is 5.94. The third-order valence-electron chi connectivity index (χ3n) is 6.18. The van der Waals surface area contributed by atoms with E-state index >= 15 is 0 Å². The molecule has 4 rings (SSSR count). The summed E-state index contributed by atoms with van der Waals surface area (Å²) >= 11 is 0. The Kier molecular flexibility index (Phi) is 6.62. The Hall–Kier alpha value is -2.78. The van der Waals surface area contributed by atoms with E-state index in [-0.39, 0.29) is 30.4 Å². The summed E-state index contributed by atoms with van der Waals surface area (Å²) < 4.78 is 13.4. The highest BCUT2D eigenvalue weighted by Crippen LogP contribution is 2.26. The van der Waals surface area contributed by atoms with E-state index in [0.717, 1.165) is 57.2 Å². The van der Waals surface area contributed by atoms with Crippen LogP contribution in [0.3, 0.4) is 0 Å². The van der Waals surface area contributed by atoms with Gasteiger partial charge in [0.15, 0.2) is 0 Å². The smallest absolute Gasteiger partial charge is 0.241 e. The van der Waals surface area contributed by atoms with Gasteiger partial charge >= 0.3 is 0 Å². The lowest BCUT2D eigenvalue weighted by molar-refractivity contribution is -0.120. The molecule has 8 nitrogen and oxygen atoms in total. The Morgan fingerprint density at radius 3 is 2.71 bits per heavy atom. The van der Waals surface area contributed by atoms with Crippen LogP contribution in [0, 0.1) is 5.82 Å². The maximum absolute atomic E-state index is 13.4. The largest absolute Gasteiger partial charge is 0.394 e. The summed E-state index contributed by atoms with van der Waals surface area (Å²) in [6, 6.07) is 7.72. The fourth-order valence-electron chi connectivity index (χ4n) is 4.31. The monoisotopic (exact) mass is 428 g/mol. The van der Waals surface area contributed by atoms with Crippen molar-refractivity contribution < 1.29 is 14.3 Å². The molecule has 3 heterocycles. The second-order valence-electron chi connectivity index (χ2n) is 8.11. The summed E-state index contributed by atoms with van der Waals surface area (Å²) in [6.07, 6.45) is 3.61. The van der Waals surface area contributed by atoms with Crippen molar-refractivity contribution in [1.82, 2.24) is 14.9 Å². The molecule has 1 amide bonds. The van der Waals surface area contributed by atoms with E-state index in [2.05, 4.69) is 30.0 Å². The van der Waals surface area contributed by atoms with Gasteiger partial charge in [0.05, 0.1) is 18.7 Å². The van der Waals surface area contributed by atoms with E-state index in [4.69, 9.17) is 0 Å². The van der Waals surface area contributed by atoms with Crippen LogP contribution in [-0.4, -0.2) is 77.3 Å². The van der Waals surface area contributed by atoms with Crippen molar-refractivity contribution in [2.75, 3.05) is 54.4 Å². The summed E-state index contributed by atoms with van der Waals surface area (Å²) in [6.45, 7) is 5.84. The lowest BCUT2D eigenvalue weighted by Gasteiger charge is -2.38. The first kappa shape index (κ1) is 21.5. The summed E-state index contributed by atoms with van der Waals surface area (Å²) in [5.41, 5.74) is 0.465. The zero-order valence-corrected chi connectivity index (χ0v) is 17.7. The van der Waals surface area contributed by atoms with Crippen LogP contribution in [0.2, 0.25) is 0 Å². The van der Waals surface area contributed by atoms with Crippen molar-refractivity contribution in [3.8, 4) is 0 Å². The molecule has 0 saturated carbocycles. The average Bonchev–Trinajstić information content (AvgIpc) is 3.28. The minimum absolute atomic E-state index is 0.122. The predicted octanol–water partition coefficient (Wildman–Crippen LogP) is 1.73. The fraction of sp³-hybridized carbons (Fsp3) is 0.500. The van der Waals surface area contributed by atoms with E-state index in [1.807, 2.05) is 13.0 Å². The molecule has 166 valence electrons. The summed E-state index contributed by atoms with van der Waals surface area (Å²) in [5, 5.41) is 12.4. The van der Waals surface area contributed by atoms with Crippen LogP contribution in [0.5, 0.6) is 0 Å². The van der Waals surface area contributed by atoms with Gasteiger partial charge in [0.25, 0.3) is 0 Å². The number of hydrogen-bond donors (Lipinski definition) is 2. The molecular formula is C22H29FN6O2. The maximum Gasteiger partial charge on any atom is 0.241 e. The molecule has 2 atom stereocenters. The van der Waals surface area contributed by atoms with Gasteiger partial charge in [0.2, 0.25) is 5.91 Å². The van der Waals surface area contributed by atoms with Gasteiger partial charge in [0, 0.05) is 44.5 Å². The van der Waals surface area contributed by atoms with E-state index in [9.17, 15) is 14.3 Å². The first-order valence-electron chi connectivity index (χ1n) is 10.8. The van der Waals surface area contributed by atoms with Gasteiger partial charge in [-0.2, -0.15) is 0 Å². The number of amides is 1. The minimum atomic E-state index is -0.373. The molecule has 2 unspecified atom stereocenters. The lowest BCUT2D eigenvalue weighted by atomic mass is 10.2. The number of piperazine rings is 1. The normalized spacial score (nSPS) is 20.7. The number of rotatable bonds is 6. The van der Waals surface area contributed by atoms with Crippen molar-refractivity contribution >= 4 is 23.2 Å². The van der Waals surface area contributed by atoms with E-state index in [0.29, 0.717) is 5.69 Å². The van der Waals surface area contributed by atoms with Crippen LogP contribution in [0.4, 0.5) is 21.7 Å². The topological polar surface area (TPSA) is 84.8 Å². The van der Waals surface area contributed by atoms with Crippen LogP contribution in [0.25, 0.3) is 0 Å². The molecule has 0 bridgehead atoms. The summed E-state index contributed by atoms with van der Waals surface area (Å²) in [5.74, 6) is 1.20. The van der Waals surface area contributed by atoms with Crippen LogP contribution >= 0.6 is 0 Å². The van der Waals surface area contributed by atoms with Crippen molar-refractivity contribution in [2.24, 2.45) is 0 Å². The number of aromatic nitrogens is 2. The lowest BCUT2D eigenvalue weighted by Crippen LogP contribution is -2.53. The maximum atomic E-state index is 13.4. The van der Waals surface area contributed by atoms with Crippen molar-refractivity contribution in [3.05, 3.63) is 42.5 Å². The zero-order valence-electron chi connectivity index (χ0n) is 17.7. The number of benzene rings is 1. The molecule has 0 aliphatic carbocycles. The number of anilines is 3. The number of halogens is 1. The molecule has 2 saturated heterocycles. The Morgan fingerprint density at radius 1 is 1.19 bits per heavy atom. The molecule has 0 spiro atoms. The van der Waals surface area contributed by atoms with Crippen molar-refractivity contribution in [3.63, 3.8) is 0 Å². The molecule has 2 fully saturated rings. The molecular weight excluding hydrogens is 399 g/mol. The number of nitrogens with one attached hydrogen (secondary N) is 1. The summed E-state index contributed by atoms with van der Waals surface area (Å²) in [7, 11) is 0. The van der Waals surface area contributed by atoms with E-state index in [1.165, 1.54) is 12.1 Å². The molecule has 2 aliphatic rings. The third kappa shape index (κ3) is 4.94. The van der Waals surface area contributed by atoms with Gasteiger partial charge in [-0.15, -0.1) is 0 Å². The first-order chi connectivity index (χ1) is 15.0. The van der Waals surface area contributed by atoms with Gasteiger partial charge in [0.1, 0.15) is 23.8 Å². The number of hydrogen-bond acceptors (Lipinski definition) is 7. The fourth-order valence-corrected chi connectivity index (χ4v) is 4.31. The average molecular weight is 429 g/mol. The number of nitrogens with zero attached hydrogens (tertiary/aromatic N) is 5. The highest BCUT2D eigenvalue weighted by atomic mass is 19.1. The third-order valence-corrected chi connectivity index (χ3v) is 6.18. The standard InChI is InChI=1S/C22H29FN6O2/c1-16(22(31)26-18-5-2-4-17(23)12-18)27-8-10-28(11-9-27)20-13-21(25-15-24-20)29-7-3-6-19(29)14-30/h2,4-5,12-13,15-16,19,30H,3,6-11,14H2,1H3,(H,26,31). The predicted molar refractivity (Wildman–Crippen MR) is 118 cm³/mol. The molecule has 9 heteroatoms. The van der Waals surface area contributed by atoms with Crippen LogP contribution in [0.1, 0.15) is 19.8 Å². The Morgan fingerprint density at radius 2 is 1.97 bits per heavy atom. The molecule has 1 aromatic carbocycles. The van der Waals surface area contributed by atoms with Crippen LogP contribution in [0.15, 0.2) is 36.7 Å². The van der Waals surface area contributed by atoms with Crippen LogP contribution in [-0.2, 0) is 4.79 Å². The quantitative estimate of drug-likeness (QED) is 0.725. The highest BCUT2D eigenvalue weighted by Gasteiger charge is 2.28. The SMILES string of the molecule is CC(C(=O)Nc1cccc(F)c1)N1CCN(c2cc(N3CCCC3CO)ncn2)CC1. The van der Waals surface area contributed by atoms with Crippen LogP contribution < -0.4 is 15.1 Å². The second-order valence-corrected chi connectivity index (χ2v) is 8.11. The Bertz CT molecular complexity index is 905. The Labute approximate surface area is 181 Å². The van der Waals surface area contributed by atoms with Gasteiger partial charge in [-0.05, 0) is 38.0 Å². The molecule has 2 aliphatic heterocycles. The summed E-state index contributed by atoms with van der Waals surface area (Å²) in [4.78, 5) is 27.9. The minimum Gasteiger partial charge on any atom is -0.394 e. The van der Waals surface area contributed by atoms with Gasteiger partial charge in [-0.3, -0.25) is 9.69 Å². The number of carbonyl (C=O) groups is 1. The number of carbonyl (C=O) groups excluding carboxylic acids is 1. The molecule has 1 aromatic heterocycles. The molecule has 0 radical (unpaired) electrons. The van der Waals surface area contributed by atoms with Crippen molar-refractivity contribution in [1.29, 1.82) is 0 Å². The van der Waals surface area contributed by atoms with Gasteiger partial charge in [-0.25, -0.2) is 14.4 Å². The van der Waals surface area contributed by atoms with Gasteiger partial charge < -0.3 is 20.2 Å². The van der Waals surface area contributed by atoms with Gasteiger partial charge in [-0.1, -0.05) is 6.07 Å².